The fourth-order valence-electron chi connectivity index (χ4n) is 2.09. The van der Waals surface area contributed by atoms with Crippen molar-refractivity contribution in [2.75, 3.05) is 0 Å². The number of hydrogen-bond donors (Lipinski definition) is 1. The first-order valence-corrected chi connectivity index (χ1v) is 7.47. The number of thiazole rings is 1. The third-order valence-corrected chi connectivity index (χ3v) is 4.51. The van der Waals surface area contributed by atoms with Gasteiger partial charge in [0.05, 0.1) is 5.52 Å². The summed E-state index contributed by atoms with van der Waals surface area (Å²) in [5.41, 5.74) is 2.64. The lowest BCUT2D eigenvalue weighted by Gasteiger charge is -2.12. The van der Waals surface area contributed by atoms with E-state index in [0.717, 1.165) is 26.8 Å². The lowest BCUT2D eigenvalue weighted by molar-refractivity contribution is 0.221. The van der Waals surface area contributed by atoms with Crippen LogP contribution in [0, 0.1) is 6.92 Å². The smallest absolute Gasteiger partial charge is 0.131 e. The van der Waals surface area contributed by atoms with Crippen LogP contribution in [0.1, 0.15) is 22.4 Å². The van der Waals surface area contributed by atoms with Crippen molar-refractivity contribution in [1.82, 2.24) is 9.97 Å². The van der Waals surface area contributed by atoms with Crippen LogP contribution < -0.4 is 0 Å². The molecule has 2 aromatic heterocycles. The molecule has 1 N–H and O–H groups in total. The maximum absolute atomic E-state index is 10.5. The maximum atomic E-state index is 10.5. The number of para-hydroxylation sites is 1. The predicted molar refractivity (Wildman–Crippen MR) is 80.4 cm³/mol. The number of aliphatic hydroxyl groups excluding tert-OH is 1. The Labute approximate surface area is 123 Å². The lowest BCUT2D eigenvalue weighted by Crippen LogP contribution is -2.02. The van der Waals surface area contributed by atoms with Crippen LogP contribution in [0.25, 0.3) is 10.9 Å². The van der Waals surface area contributed by atoms with Gasteiger partial charge in [-0.1, -0.05) is 18.2 Å². The first kappa shape index (κ1) is 12.7. The van der Waals surface area contributed by atoms with Crippen molar-refractivity contribution in [2.45, 2.75) is 13.0 Å². The van der Waals surface area contributed by atoms with Crippen LogP contribution in [-0.2, 0) is 0 Å². The van der Waals surface area contributed by atoms with Crippen LogP contribution in [0.2, 0.25) is 0 Å². The normalized spacial score (nSPS) is 12.8. The van der Waals surface area contributed by atoms with Crippen molar-refractivity contribution in [3.05, 3.63) is 56.6 Å². The summed E-state index contributed by atoms with van der Waals surface area (Å²) in [6, 6.07) is 9.75. The second kappa shape index (κ2) is 5.00. The van der Waals surface area contributed by atoms with Crippen molar-refractivity contribution < 1.29 is 5.11 Å². The third kappa shape index (κ3) is 2.41. The van der Waals surface area contributed by atoms with Gasteiger partial charge in [0.15, 0.2) is 0 Å². The number of rotatable bonds is 2. The van der Waals surface area contributed by atoms with Gasteiger partial charge in [0.25, 0.3) is 0 Å². The minimum absolute atomic E-state index is 0.683. The molecule has 0 aliphatic rings. The van der Waals surface area contributed by atoms with Crippen LogP contribution in [0.5, 0.6) is 0 Å². The molecule has 0 saturated heterocycles. The van der Waals surface area contributed by atoms with Crippen molar-refractivity contribution in [3.8, 4) is 0 Å². The van der Waals surface area contributed by atoms with Gasteiger partial charge in [0, 0.05) is 16.5 Å². The van der Waals surface area contributed by atoms with Gasteiger partial charge < -0.3 is 5.11 Å². The van der Waals surface area contributed by atoms with E-state index in [4.69, 9.17) is 0 Å². The van der Waals surface area contributed by atoms with E-state index in [1.165, 1.54) is 11.3 Å². The van der Waals surface area contributed by atoms with E-state index in [2.05, 4.69) is 25.9 Å². The SMILES string of the molecule is Cc1cc(C(O)c2nc(Br)cs2)c2ccccc2n1. The summed E-state index contributed by atoms with van der Waals surface area (Å²) in [7, 11) is 0. The molecule has 3 rings (SSSR count). The van der Waals surface area contributed by atoms with E-state index in [9.17, 15) is 5.11 Å². The molecule has 0 fully saturated rings. The van der Waals surface area contributed by atoms with E-state index >= 15 is 0 Å². The molecule has 0 bridgehead atoms. The molecule has 0 amide bonds. The zero-order valence-corrected chi connectivity index (χ0v) is 12.6. The molecule has 0 saturated carbocycles. The first-order chi connectivity index (χ1) is 9.15. The summed E-state index contributed by atoms with van der Waals surface area (Å²) in [6.45, 7) is 1.93. The van der Waals surface area contributed by atoms with E-state index in [-0.39, 0.29) is 0 Å². The number of benzene rings is 1. The largest absolute Gasteiger partial charge is 0.381 e. The van der Waals surface area contributed by atoms with Crippen molar-refractivity contribution in [3.63, 3.8) is 0 Å². The number of aliphatic hydroxyl groups is 1. The van der Waals surface area contributed by atoms with Crippen LogP contribution in [0.4, 0.5) is 0 Å². The number of aromatic nitrogens is 2. The highest BCUT2D eigenvalue weighted by Gasteiger charge is 2.17. The zero-order chi connectivity index (χ0) is 13.4. The summed E-state index contributed by atoms with van der Waals surface area (Å²) >= 11 is 4.75. The van der Waals surface area contributed by atoms with E-state index in [1.54, 1.807) is 0 Å². The van der Waals surface area contributed by atoms with Crippen molar-refractivity contribution in [1.29, 1.82) is 0 Å². The van der Waals surface area contributed by atoms with Crippen LogP contribution in [0.3, 0.4) is 0 Å². The Morgan fingerprint density at radius 1 is 1.26 bits per heavy atom. The highest BCUT2D eigenvalue weighted by molar-refractivity contribution is 9.10. The fraction of sp³-hybridized carbons (Fsp3) is 0.143. The molecule has 5 heteroatoms. The van der Waals surface area contributed by atoms with Gasteiger partial charge in [-0.2, -0.15) is 0 Å². The Morgan fingerprint density at radius 2 is 2.05 bits per heavy atom. The zero-order valence-electron chi connectivity index (χ0n) is 10.2. The summed E-state index contributed by atoms with van der Waals surface area (Å²) in [6.07, 6.45) is -0.720. The molecule has 0 aliphatic carbocycles. The van der Waals surface area contributed by atoms with Gasteiger partial charge in [-0.05, 0) is 40.5 Å². The second-order valence-electron chi connectivity index (χ2n) is 4.28. The molecule has 0 aliphatic heterocycles. The van der Waals surface area contributed by atoms with Gasteiger partial charge >= 0.3 is 0 Å². The number of halogens is 1. The fourth-order valence-corrected chi connectivity index (χ4v) is 3.36. The van der Waals surface area contributed by atoms with Gasteiger partial charge in [0.2, 0.25) is 0 Å². The Hall–Kier alpha value is -1.30. The molecule has 96 valence electrons. The predicted octanol–water partition coefficient (Wildman–Crippen LogP) is 3.84. The van der Waals surface area contributed by atoms with Gasteiger partial charge in [-0.3, -0.25) is 4.98 Å². The van der Waals surface area contributed by atoms with Gasteiger partial charge in [-0.25, -0.2) is 4.98 Å². The number of pyridine rings is 1. The molecular formula is C14H11BrN2OS. The summed E-state index contributed by atoms with van der Waals surface area (Å²) in [4.78, 5) is 8.77. The molecule has 2 heterocycles. The Kier molecular flexibility index (Phi) is 3.35. The highest BCUT2D eigenvalue weighted by atomic mass is 79.9. The molecule has 0 spiro atoms. The number of nitrogens with zero attached hydrogens (tertiary/aromatic N) is 2. The first-order valence-electron chi connectivity index (χ1n) is 5.80. The van der Waals surface area contributed by atoms with Crippen molar-refractivity contribution >= 4 is 38.2 Å². The quantitative estimate of drug-likeness (QED) is 0.774. The second-order valence-corrected chi connectivity index (χ2v) is 5.98. The number of fused-ring (bicyclic) bond motifs is 1. The lowest BCUT2D eigenvalue weighted by atomic mass is 10.0. The van der Waals surface area contributed by atoms with Crippen LogP contribution >= 0.6 is 27.3 Å². The molecule has 0 radical (unpaired) electrons. The number of hydrogen-bond acceptors (Lipinski definition) is 4. The summed E-state index contributed by atoms with van der Waals surface area (Å²) in [5, 5.41) is 14.0. The highest BCUT2D eigenvalue weighted by Crippen LogP contribution is 2.31. The number of aryl methyl sites for hydroxylation is 1. The van der Waals surface area contributed by atoms with E-state index in [0.29, 0.717) is 5.01 Å². The Bertz CT molecular complexity index is 741. The monoisotopic (exact) mass is 334 g/mol. The molecule has 1 aromatic carbocycles. The Balaban J connectivity index is 2.19. The third-order valence-electron chi connectivity index (χ3n) is 2.90. The molecular weight excluding hydrogens is 324 g/mol. The average molecular weight is 335 g/mol. The van der Waals surface area contributed by atoms with Gasteiger partial charge in [-0.15, -0.1) is 11.3 Å². The minimum Gasteiger partial charge on any atom is -0.381 e. The summed E-state index contributed by atoms with van der Waals surface area (Å²) in [5.74, 6) is 0. The van der Waals surface area contributed by atoms with Crippen molar-refractivity contribution in [2.24, 2.45) is 0 Å². The van der Waals surface area contributed by atoms with E-state index in [1.807, 2.05) is 42.6 Å². The van der Waals surface area contributed by atoms with Crippen LogP contribution in [0.15, 0.2) is 40.3 Å². The molecule has 1 atom stereocenters. The molecule has 19 heavy (non-hydrogen) atoms. The maximum Gasteiger partial charge on any atom is 0.131 e. The molecule has 3 nitrogen and oxygen atoms in total. The van der Waals surface area contributed by atoms with E-state index < -0.39 is 6.10 Å². The molecule has 1 unspecified atom stereocenters. The average Bonchev–Trinajstić information content (AvgIpc) is 2.83. The standard InChI is InChI=1S/C14H11BrN2OS/c1-8-6-10(9-4-2-3-5-11(9)16-8)13(18)14-17-12(15)7-19-14/h2-7,13,18H,1H3. The summed E-state index contributed by atoms with van der Waals surface area (Å²) < 4.78 is 0.752. The molecule has 3 aromatic rings. The minimum atomic E-state index is -0.720. The Morgan fingerprint density at radius 3 is 2.79 bits per heavy atom. The van der Waals surface area contributed by atoms with Gasteiger partial charge in [0.1, 0.15) is 15.7 Å². The van der Waals surface area contributed by atoms with Crippen LogP contribution in [-0.4, -0.2) is 15.1 Å². The topological polar surface area (TPSA) is 46.0 Å².